The van der Waals surface area contributed by atoms with Crippen LogP contribution in [0.5, 0.6) is 0 Å². The quantitative estimate of drug-likeness (QED) is 0.380. The maximum atomic E-state index is 11.7. The van der Waals surface area contributed by atoms with Crippen LogP contribution in [0.3, 0.4) is 0 Å². The average molecular weight is 389 g/mol. The molecule has 26 heavy (non-hydrogen) atoms. The Morgan fingerprint density at radius 3 is 2.31 bits per heavy atom. The van der Waals surface area contributed by atoms with Crippen LogP contribution < -0.4 is 4.90 Å². The maximum Gasteiger partial charge on any atom is 0.343 e. The van der Waals surface area contributed by atoms with Crippen LogP contribution >= 0.6 is 23.4 Å². The number of rotatable bonds is 8. The van der Waals surface area contributed by atoms with Gasteiger partial charge in [0.1, 0.15) is 6.33 Å². The second kappa shape index (κ2) is 9.56. The summed E-state index contributed by atoms with van der Waals surface area (Å²) in [5.41, 5.74) is -0.247. The topological polar surface area (TPSA) is 120 Å². The summed E-state index contributed by atoms with van der Waals surface area (Å²) in [6, 6.07) is 10.8. The van der Waals surface area contributed by atoms with Gasteiger partial charge in [0.15, 0.2) is 5.03 Å². The summed E-state index contributed by atoms with van der Waals surface area (Å²) < 4.78 is 0. The van der Waals surface area contributed by atoms with Crippen molar-refractivity contribution < 1.29 is 4.92 Å². The molecule has 1 aromatic carbocycles. The van der Waals surface area contributed by atoms with Crippen LogP contribution in [0.1, 0.15) is 12.8 Å². The smallest absolute Gasteiger partial charge is 0.343 e. The molecule has 8 nitrogen and oxygen atoms in total. The fourth-order valence-electron chi connectivity index (χ4n) is 2.13. The zero-order valence-corrected chi connectivity index (χ0v) is 15.1. The third kappa shape index (κ3) is 5.06. The molecule has 132 valence electrons. The van der Waals surface area contributed by atoms with Gasteiger partial charge in [-0.2, -0.15) is 10.5 Å². The standard InChI is InChI=1S/C16H13ClN6O2S/c17-12-3-5-13(6-4-12)26-16-14(23(24)25)15(20-11-21-16)22(9-1-7-18)10-2-8-19/h3-6,11H,1-2,9-10H2. The molecular weight excluding hydrogens is 376 g/mol. The van der Waals surface area contributed by atoms with Gasteiger partial charge in [-0.15, -0.1) is 0 Å². The Hall–Kier alpha value is -2.88. The molecule has 0 saturated carbocycles. The van der Waals surface area contributed by atoms with Crippen molar-refractivity contribution in [1.29, 1.82) is 10.5 Å². The van der Waals surface area contributed by atoms with Crippen molar-refractivity contribution in [3.8, 4) is 12.1 Å². The van der Waals surface area contributed by atoms with E-state index in [-0.39, 0.29) is 42.5 Å². The fraction of sp³-hybridized carbons (Fsp3) is 0.250. The molecule has 0 aliphatic rings. The Bertz CT molecular complexity index is 845. The minimum atomic E-state index is -0.542. The van der Waals surface area contributed by atoms with E-state index in [4.69, 9.17) is 22.1 Å². The molecule has 10 heteroatoms. The summed E-state index contributed by atoms with van der Waals surface area (Å²) >= 11 is 6.98. The van der Waals surface area contributed by atoms with Crippen LogP contribution in [0.15, 0.2) is 40.5 Å². The van der Waals surface area contributed by atoms with E-state index in [1.54, 1.807) is 29.2 Å². The highest BCUT2D eigenvalue weighted by atomic mass is 35.5. The molecule has 0 atom stereocenters. The van der Waals surface area contributed by atoms with Crippen LogP contribution in [0.25, 0.3) is 0 Å². The normalized spacial score (nSPS) is 9.96. The minimum Gasteiger partial charge on any atom is -0.349 e. The van der Waals surface area contributed by atoms with E-state index < -0.39 is 4.92 Å². The van der Waals surface area contributed by atoms with E-state index >= 15 is 0 Å². The number of aromatic nitrogens is 2. The summed E-state index contributed by atoms with van der Waals surface area (Å²) in [6.45, 7) is 0.474. The molecular formula is C16H13ClN6O2S. The van der Waals surface area contributed by atoms with Crippen molar-refractivity contribution in [1.82, 2.24) is 9.97 Å². The van der Waals surface area contributed by atoms with Gasteiger partial charge in [-0.1, -0.05) is 23.4 Å². The lowest BCUT2D eigenvalue weighted by atomic mass is 10.3. The summed E-state index contributed by atoms with van der Waals surface area (Å²) in [5, 5.41) is 30.0. The van der Waals surface area contributed by atoms with Gasteiger partial charge in [-0.3, -0.25) is 10.1 Å². The molecule has 0 unspecified atom stereocenters. The van der Waals surface area contributed by atoms with Crippen molar-refractivity contribution in [3.05, 3.63) is 45.7 Å². The zero-order valence-electron chi connectivity index (χ0n) is 13.5. The maximum absolute atomic E-state index is 11.7. The van der Waals surface area contributed by atoms with Crippen molar-refractivity contribution in [2.75, 3.05) is 18.0 Å². The van der Waals surface area contributed by atoms with E-state index in [0.29, 0.717) is 5.02 Å². The van der Waals surface area contributed by atoms with Gasteiger partial charge in [0, 0.05) is 23.0 Å². The molecule has 2 rings (SSSR count). The molecule has 0 radical (unpaired) electrons. The average Bonchev–Trinajstić information content (AvgIpc) is 2.63. The predicted octanol–water partition coefficient (Wildman–Crippen LogP) is 3.82. The first-order chi connectivity index (χ1) is 12.6. The Balaban J connectivity index is 2.42. The van der Waals surface area contributed by atoms with E-state index in [1.165, 1.54) is 6.33 Å². The molecule has 0 amide bonds. The first-order valence-corrected chi connectivity index (χ1v) is 8.68. The highest BCUT2D eigenvalue weighted by Gasteiger charge is 2.27. The van der Waals surface area contributed by atoms with Gasteiger partial charge >= 0.3 is 5.69 Å². The molecule has 2 aromatic rings. The number of hydrogen-bond donors (Lipinski definition) is 0. The van der Waals surface area contributed by atoms with Gasteiger partial charge in [0.05, 0.1) is 29.9 Å². The summed E-state index contributed by atoms with van der Waals surface area (Å²) in [6.07, 6.45) is 1.56. The highest BCUT2D eigenvalue weighted by Crippen LogP contribution is 2.38. The SMILES string of the molecule is N#CCCN(CCC#N)c1ncnc(Sc2ccc(Cl)cc2)c1[N+](=O)[O-]. The number of nitrogens with zero attached hydrogens (tertiary/aromatic N) is 6. The van der Waals surface area contributed by atoms with Crippen LogP contribution in [0.4, 0.5) is 11.5 Å². The predicted molar refractivity (Wildman–Crippen MR) is 96.9 cm³/mol. The molecule has 0 N–H and O–H groups in total. The minimum absolute atomic E-state index is 0.104. The highest BCUT2D eigenvalue weighted by molar-refractivity contribution is 7.99. The number of anilines is 1. The molecule has 0 aliphatic carbocycles. The van der Waals surface area contributed by atoms with E-state index in [0.717, 1.165) is 16.7 Å². The van der Waals surface area contributed by atoms with Gasteiger partial charge in [-0.25, -0.2) is 9.97 Å². The first kappa shape index (κ1) is 19.4. The molecule has 0 bridgehead atoms. The molecule has 0 fully saturated rings. The Morgan fingerprint density at radius 1 is 1.15 bits per heavy atom. The largest absolute Gasteiger partial charge is 0.349 e. The van der Waals surface area contributed by atoms with Crippen molar-refractivity contribution in [2.24, 2.45) is 0 Å². The van der Waals surface area contributed by atoms with Crippen LogP contribution in [-0.4, -0.2) is 28.0 Å². The second-order valence-corrected chi connectivity index (χ2v) is 6.47. The lowest BCUT2D eigenvalue weighted by Crippen LogP contribution is -2.27. The van der Waals surface area contributed by atoms with Gasteiger partial charge < -0.3 is 4.90 Å². The lowest BCUT2D eigenvalue weighted by Gasteiger charge is -2.21. The third-order valence-corrected chi connectivity index (χ3v) is 4.52. The number of nitriles is 2. The molecule has 0 spiro atoms. The van der Waals surface area contributed by atoms with Crippen LogP contribution in [0.2, 0.25) is 5.02 Å². The zero-order chi connectivity index (χ0) is 18.9. The Labute approximate surface area is 159 Å². The molecule has 1 aromatic heterocycles. The lowest BCUT2D eigenvalue weighted by molar-refractivity contribution is -0.387. The Morgan fingerprint density at radius 2 is 1.77 bits per heavy atom. The van der Waals surface area contributed by atoms with Gasteiger partial charge in [-0.05, 0) is 24.3 Å². The number of hydrogen-bond acceptors (Lipinski definition) is 8. The van der Waals surface area contributed by atoms with E-state index in [2.05, 4.69) is 9.97 Å². The number of benzene rings is 1. The van der Waals surface area contributed by atoms with Crippen molar-refractivity contribution in [3.63, 3.8) is 0 Å². The monoisotopic (exact) mass is 388 g/mol. The summed E-state index contributed by atoms with van der Waals surface area (Å²) in [4.78, 5) is 21.5. The summed E-state index contributed by atoms with van der Waals surface area (Å²) in [7, 11) is 0. The molecule has 0 aliphatic heterocycles. The van der Waals surface area contributed by atoms with Gasteiger partial charge in [0.25, 0.3) is 0 Å². The van der Waals surface area contributed by atoms with E-state index in [1.807, 2.05) is 12.1 Å². The number of halogens is 1. The fourth-order valence-corrected chi connectivity index (χ4v) is 3.11. The summed E-state index contributed by atoms with van der Waals surface area (Å²) in [5.74, 6) is 0.104. The Kier molecular flexibility index (Phi) is 7.15. The van der Waals surface area contributed by atoms with E-state index in [9.17, 15) is 10.1 Å². The van der Waals surface area contributed by atoms with Crippen LogP contribution in [-0.2, 0) is 0 Å². The molecule has 1 heterocycles. The van der Waals surface area contributed by atoms with Crippen LogP contribution in [0, 0.1) is 32.8 Å². The third-order valence-electron chi connectivity index (χ3n) is 3.27. The van der Waals surface area contributed by atoms with Crippen molar-refractivity contribution in [2.45, 2.75) is 22.8 Å². The second-order valence-electron chi connectivity index (χ2n) is 4.97. The first-order valence-electron chi connectivity index (χ1n) is 7.48. The van der Waals surface area contributed by atoms with Crippen molar-refractivity contribution >= 4 is 34.9 Å². The molecule has 0 saturated heterocycles. The van der Waals surface area contributed by atoms with Gasteiger partial charge in [0.2, 0.25) is 5.82 Å². The number of nitro groups is 1.